The van der Waals surface area contributed by atoms with Crippen molar-refractivity contribution in [1.29, 1.82) is 0 Å². The van der Waals surface area contributed by atoms with Gasteiger partial charge < -0.3 is 10.6 Å². The number of anilines is 1. The summed E-state index contributed by atoms with van der Waals surface area (Å²) in [5.74, 6) is 0.102. The predicted octanol–water partition coefficient (Wildman–Crippen LogP) is 2.65. The Morgan fingerprint density at radius 3 is 2.84 bits per heavy atom. The number of hydrogen-bond acceptors (Lipinski definition) is 2. The number of rotatable bonds is 2. The number of fused-ring (bicyclic) bond motifs is 1. The van der Waals surface area contributed by atoms with Crippen LogP contribution < -0.4 is 10.6 Å². The van der Waals surface area contributed by atoms with E-state index in [1.165, 1.54) is 30.4 Å². The molecule has 19 heavy (non-hydrogen) atoms. The lowest BCUT2D eigenvalue weighted by Crippen LogP contribution is -2.54. The summed E-state index contributed by atoms with van der Waals surface area (Å²) in [6, 6.07) is 6.34. The van der Waals surface area contributed by atoms with E-state index in [0.717, 1.165) is 31.5 Å². The van der Waals surface area contributed by atoms with E-state index in [9.17, 15) is 4.79 Å². The first-order valence-electron chi connectivity index (χ1n) is 7.36. The second-order valence-corrected chi connectivity index (χ2v) is 6.01. The highest BCUT2D eigenvalue weighted by molar-refractivity contribution is 5.98. The van der Waals surface area contributed by atoms with E-state index in [4.69, 9.17) is 0 Å². The van der Waals surface area contributed by atoms with Crippen molar-refractivity contribution in [3.05, 3.63) is 29.3 Å². The molecule has 1 heterocycles. The number of nitrogens with one attached hydrogen (secondary N) is 2. The summed E-state index contributed by atoms with van der Waals surface area (Å²) >= 11 is 0. The van der Waals surface area contributed by atoms with Gasteiger partial charge in [-0.05, 0) is 75.3 Å². The molecule has 1 unspecified atom stereocenters. The molecule has 1 saturated heterocycles. The van der Waals surface area contributed by atoms with Gasteiger partial charge in [-0.15, -0.1) is 0 Å². The second-order valence-electron chi connectivity index (χ2n) is 6.01. The smallest absolute Gasteiger partial charge is 0.244 e. The Hall–Kier alpha value is -1.35. The van der Waals surface area contributed by atoms with Crippen LogP contribution in [0.1, 0.15) is 43.7 Å². The van der Waals surface area contributed by atoms with Crippen LogP contribution in [0.25, 0.3) is 0 Å². The molecule has 2 N–H and O–H groups in total. The molecule has 0 spiro atoms. The number of aryl methyl sites for hydroxylation is 2. The monoisotopic (exact) mass is 258 g/mol. The van der Waals surface area contributed by atoms with E-state index in [1.807, 2.05) is 13.0 Å². The third kappa shape index (κ3) is 2.52. The number of carbonyl (C=O) groups is 1. The van der Waals surface area contributed by atoms with E-state index in [0.29, 0.717) is 0 Å². The van der Waals surface area contributed by atoms with Crippen molar-refractivity contribution in [3.63, 3.8) is 0 Å². The maximum Gasteiger partial charge on any atom is 0.244 e. The maximum atomic E-state index is 12.4. The fourth-order valence-electron chi connectivity index (χ4n) is 3.17. The highest BCUT2D eigenvalue weighted by Crippen LogP contribution is 2.26. The van der Waals surface area contributed by atoms with E-state index in [1.54, 1.807) is 0 Å². The largest absolute Gasteiger partial charge is 0.324 e. The maximum absolute atomic E-state index is 12.4. The zero-order chi connectivity index (χ0) is 13.3. The van der Waals surface area contributed by atoms with Gasteiger partial charge in [-0.2, -0.15) is 0 Å². The van der Waals surface area contributed by atoms with Crippen LogP contribution in [0.3, 0.4) is 0 Å². The van der Waals surface area contributed by atoms with Crippen molar-refractivity contribution in [2.75, 3.05) is 11.9 Å². The first-order chi connectivity index (χ1) is 9.17. The lowest BCUT2D eigenvalue weighted by Gasteiger charge is -2.33. The van der Waals surface area contributed by atoms with Crippen molar-refractivity contribution >= 4 is 11.6 Å². The Labute approximate surface area is 114 Å². The Kier molecular flexibility index (Phi) is 3.31. The highest BCUT2D eigenvalue weighted by atomic mass is 16.2. The number of carbonyl (C=O) groups excluding carboxylic acids is 1. The summed E-state index contributed by atoms with van der Waals surface area (Å²) in [4.78, 5) is 12.4. The van der Waals surface area contributed by atoms with Crippen LogP contribution in [0.5, 0.6) is 0 Å². The summed E-state index contributed by atoms with van der Waals surface area (Å²) in [7, 11) is 0. The van der Waals surface area contributed by atoms with Crippen LogP contribution in [0.15, 0.2) is 18.2 Å². The molecule has 102 valence electrons. The second kappa shape index (κ2) is 4.97. The first-order valence-corrected chi connectivity index (χ1v) is 7.36. The lowest BCUT2D eigenvalue weighted by atomic mass is 9.90. The Morgan fingerprint density at radius 2 is 2.05 bits per heavy atom. The molecule has 0 radical (unpaired) electrons. The van der Waals surface area contributed by atoms with E-state index < -0.39 is 5.54 Å². The molecule has 1 aliphatic carbocycles. The Balaban J connectivity index is 1.72. The van der Waals surface area contributed by atoms with Gasteiger partial charge in [-0.1, -0.05) is 6.07 Å². The van der Waals surface area contributed by atoms with Crippen molar-refractivity contribution in [1.82, 2.24) is 5.32 Å². The van der Waals surface area contributed by atoms with E-state index >= 15 is 0 Å². The summed E-state index contributed by atoms with van der Waals surface area (Å²) < 4.78 is 0. The number of piperidine rings is 1. The minimum Gasteiger partial charge on any atom is -0.324 e. The topological polar surface area (TPSA) is 41.1 Å². The van der Waals surface area contributed by atoms with Gasteiger partial charge in [0.2, 0.25) is 5.91 Å². The van der Waals surface area contributed by atoms with Crippen molar-refractivity contribution < 1.29 is 4.79 Å². The predicted molar refractivity (Wildman–Crippen MR) is 77.4 cm³/mol. The third-order valence-electron chi connectivity index (χ3n) is 4.48. The van der Waals surface area contributed by atoms with E-state index in [-0.39, 0.29) is 5.91 Å². The molecule has 1 amide bonds. The molecular weight excluding hydrogens is 236 g/mol. The normalized spacial score (nSPS) is 25.9. The fraction of sp³-hybridized carbons (Fsp3) is 0.562. The zero-order valence-corrected chi connectivity index (χ0v) is 11.6. The van der Waals surface area contributed by atoms with Gasteiger partial charge in [0, 0.05) is 5.69 Å². The molecule has 0 saturated carbocycles. The first kappa shape index (κ1) is 12.7. The van der Waals surface area contributed by atoms with Gasteiger partial charge in [0.15, 0.2) is 0 Å². The van der Waals surface area contributed by atoms with Crippen molar-refractivity contribution in [2.45, 2.75) is 51.0 Å². The van der Waals surface area contributed by atoms with Crippen LogP contribution in [-0.4, -0.2) is 18.0 Å². The molecule has 3 nitrogen and oxygen atoms in total. The zero-order valence-electron chi connectivity index (χ0n) is 11.6. The number of amides is 1. The standard InChI is InChI=1S/C16H22N2O/c1-16(9-2-3-10-17-16)15(19)18-14-8-7-12-5-4-6-13(12)11-14/h7-8,11,17H,2-6,9-10H2,1H3,(H,18,19). The number of hydrogen-bond donors (Lipinski definition) is 2. The summed E-state index contributed by atoms with van der Waals surface area (Å²) in [6.45, 7) is 2.95. The average Bonchev–Trinajstić information content (AvgIpc) is 2.87. The molecule has 1 aliphatic heterocycles. The summed E-state index contributed by atoms with van der Waals surface area (Å²) in [6.07, 6.45) is 6.79. The minimum absolute atomic E-state index is 0.102. The van der Waals surface area contributed by atoms with Crippen LogP contribution in [0, 0.1) is 0 Å². The molecular formula is C16H22N2O. The van der Waals surface area contributed by atoms with Gasteiger partial charge in [-0.3, -0.25) is 4.79 Å². The van der Waals surface area contributed by atoms with Crippen LogP contribution in [-0.2, 0) is 17.6 Å². The van der Waals surface area contributed by atoms with Gasteiger partial charge >= 0.3 is 0 Å². The van der Waals surface area contributed by atoms with Crippen molar-refractivity contribution in [2.24, 2.45) is 0 Å². The molecule has 1 aromatic rings. The van der Waals surface area contributed by atoms with Gasteiger partial charge in [0.25, 0.3) is 0 Å². The Bertz CT molecular complexity index is 490. The quantitative estimate of drug-likeness (QED) is 0.856. The molecule has 0 aromatic heterocycles. The van der Waals surface area contributed by atoms with Crippen molar-refractivity contribution in [3.8, 4) is 0 Å². The molecule has 1 atom stereocenters. The van der Waals surface area contributed by atoms with Gasteiger partial charge in [0.1, 0.15) is 0 Å². The van der Waals surface area contributed by atoms with E-state index in [2.05, 4.69) is 22.8 Å². The van der Waals surface area contributed by atoms with Crippen LogP contribution in [0.2, 0.25) is 0 Å². The molecule has 3 rings (SSSR count). The minimum atomic E-state index is -0.405. The van der Waals surface area contributed by atoms with Gasteiger partial charge in [-0.25, -0.2) is 0 Å². The third-order valence-corrected chi connectivity index (χ3v) is 4.48. The fourth-order valence-corrected chi connectivity index (χ4v) is 3.17. The lowest BCUT2D eigenvalue weighted by molar-refractivity contribution is -0.122. The molecule has 1 fully saturated rings. The van der Waals surface area contributed by atoms with Gasteiger partial charge in [0.05, 0.1) is 5.54 Å². The SMILES string of the molecule is CC1(C(=O)Nc2ccc3c(c2)CCC3)CCCCN1. The van der Waals surface area contributed by atoms with Crippen LogP contribution >= 0.6 is 0 Å². The molecule has 3 heteroatoms. The molecule has 1 aromatic carbocycles. The summed E-state index contributed by atoms with van der Waals surface area (Å²) in [5.41, 5.74) is 3.39. The molecule has 2 aliphatic rings. The average molecular weight is 258 g/mol. The number of benzene rings is 1. The summed E-state index contributed by atoms with van der Waals surface area (Å²) in [5, 5.41) is 6.44. The Morgan fingerprint density at radius 1 is 1.21 bits per heavy atom. The van der Waals surface area contributed by atoms with Crippen LogP contribution in [0.4, 0.5) is 5.69 Å². The molecule has 0 bridgehead atoms. The highest BCUT2D eigenvalue weighted by Gasteiger charge is 2.34.